The van der Waals surface area contributed by atoms with Crippen molar-refractivity contribution in [3.8, 4) is 0 Å². The molecule has 0 spiro atoms. The Labute approximate surface area is 101 Å². The lowest BCUT2D eigenvalue weighted by Gasteiger charge is -2.15. The summed E-state index contributed by atoms with van der Waals surface area (Å²) >= 11 is 10.2. The van der Waals surface area contributed by atoms with E-state index in [0.29, 0.717) is 0 Å². The van der Waals surface area contributed by atoms with E-state index in [0.717, 1.165) is 0 Å². The Kier molecular flexibility index (Phi) is 3.53. The fraction of sp³-hybridized carbons (Fsp3) is 0.750. The molecule has 0 aromatic carbocycles. The zero-order valence-corrected chi connectivity index (χ0v) is 9.44. The van der Waals surface area contributed by atoms with E-state index in [2.05, 4.69) is 0 Å². The summed E-state index contributed by atoms with van der Waals surface area (Å²) in [6.45, 7) is 0.314. The van der Waals surface area contributed by atoms with Crippen molar-refractivity contribution in [1.82, 2.24) is 0 Å². The maximum absolute atomic E-state index is 10.6. The van der Waals surface area contributed by atoms with Crippen LogP contribution in [0.15, 0.2) is 0 Å². The van der Waals surface area contributed by atoms with Crippen molar-refractivity contribution in [3.05, 3.63) is 0 Å². The van der Waals surface area contributed by atoms with Gasteiger partial charge in [-0.3, -0.25) is 0 Å². The van der Waals surface area contributed by atoms with E-state index in [4.69, 9.17) is 42.1 Å². The third kappa shape index (κ3) is 2.40. The number of ether oxygens (including phenoxy) is 4. The molecule has 2 fully saturated rings. The maximum atomic E-state index is 10.6. The van der Waals surface area contributed by atoms with Gasteiger partial charge in [-0.25, -0.2) is 9.59 Å². The Bertz CT molecular complexity index is 279. The van der Waals surface area contributed by atoms with Gasteiger partial charge >= 0.3 is 10.9 Å². The van der Waals surface area contributed by atoms with Crippen LogP contribution in [-0.4, -0.2) is 48.5 Å². The van der Waals surface area contributed by atoms with Gasteiger partial charge in [0.15, 0.2) is 12.2 Å². The monoisotopic (exact) mass is 270 g/mol. The number of carbonyl (C=O) groups excluding carboxylic acids is 2. The summed E-state index contributed by atoms with van der Waals surface area (Å²) in [6, 6.07) is 0. The molecule has 0 radical (unpaired) electrons. The van der Waals surface area contributed by atoms with E-state index in [1.165, 1.54) is 0 Å². The van der Waals surface area contributed by atoms with Crippen LogP contribution >= 0.6 is 23.2 Å². The second kappa shape index (κ2) is 4.75. The lowest BCUT2D eigenvalue weighted by Crippen LogP contribution is -2.34. The molecular weight excluding hydrogens is 263 g/mol. The third-order valence-electron chi connectivity index (χ3n) is 2.45. The molecular formula is C8H8Cl2O6. The first-order valence-corrected chi connectivity index (χ1v) is 5.29. The first-order chi connectivity index (χ1) is 7.58. The van der Waals surface area contributed by atoms with Gasteiger partial charge in [0.25, 0.3) is 0 Å². The van der Waals surface area contributed by atoms with Crippen LogP contribution in [0.4, 0.5) is 9.59 Å². The number of hydrogen-bond acceptors (Lipinski definition) is 6. The minimum atomic E-state index is -0.921. The van der Waals surface area contributed by atoms with E-state index in [-0.39, 0.29) is 13.2 Å². The second-order valence-electron chi connectivity index (χ2n) is 3.38. The highest BCUT2D eigenvalue weighted by Crippen LogP contribution is 2.31. The standard InChI is InChI=1S/C8H8Cl2O6/c9-7(11)15-3-1-13-6-4(16-8(10)12)2-14-5(3)6/h3-6H,1-2H2. The predicted octanol–water partition coefficient (Wildman–Crippen LogP) is 1.27. The van der Waals surface area contributed by atoms with Gasteiger partial charge < -0.3 is 18.9 Å². The van der Waals surface area contributed by atoms with E-state index in [1.54, 1.807) is 0 Å². The molecule has 2 aliphatic rings. The lowest BCUT2D eigenvalue weighted by atomic mass is 10.1. The number of halogens is 2. The van der Waals surface area contributed by atoms with Gasteiger partial charge in [-0.2, -0.15) is 0 Å². The van der Waals surface area contributed by atoms with Gasteiger partial charge in [-0.05, 0) is 0 Å². The minimum absolute atomic E-state index is 0.157. The van der Waals surface area contributed by atoms with E-state index >= 15 is 0 Å². The van der Waals surface area contributed by atoms with Gasteiger partial charge in [0.1, 0.15) is 12.2 Å². The van der Waals surface area contributed by atoms with E-state index in [1.807, 2.05) is 0 Å². The molecule has 2 rings (SSSR count). The average molecular weight is 271 g/mol. The average Bonchev–Trinajstić information content (AvgIpc) is 2.70. The summed E-state index contributed by atoms with van der Waals surface area (Å²) in [5.41, 5.74) is -1.84. The summed E-state index contributed by atoms with van der Waals surface area (Å²) in [7, 11) is 0. The van der Waals surface area contributed by atoms with Crippen molar-refractivity contribution in [2.24, 2.45) is 0 Å². The second-order valence-corrected chi connectivity index (χ2v) is 4.00. The summed E-state index contributed by atoms with van der Waals surface area (Å²) in [5.74, 6) is 0. The van der Waals surface area contributed by atoms with Crippen LogP contribution in [0.3, 0.4) is 0 Å². The van der Waals surface area contributed by atoms with Crippen LogP contribution < -0.4 is 0 Å². The predicted molar refractivity (Wildman–Crippen MR) is 51.7 cm³/mol. The Morgan fingerprint density at radius 1 is 0.938 bits per heavy atom. The van der Waals surface area contributed by atoms with Crippen LogP contribution in [0.5, 0.6) is 0 Å². The van der Waals surface area contributed by atoms with Crippen LogP contribution in [0.1, 0.15) is 0 Å². The highest BCUT2D eigenvalue weighted by Gasteiger charge is 2.51. The maximum Gasteiger partial charge on any atom is 0.404 e. The minimum Gasteiger partial charge on any atom is -0.445 e. The fourth-order valence-electron chi connectivity index (χ4n) is 1.87. The molecule has 8 heteroatoms. The Morgan fingerprint density at radius 2 is 1.31 bits per heavy atom. The molecule has 0 aromatic heterocycles. The van der Waals surface area contributed by atoms with Gasteiger partial charge in [0.2, 0.25) is 0 Å². The first-order valence-electron chi connectivity index (χ1n) is 4.53. The number of fused-ring (bicyclic) bond motifs is 1. The summed E-state index contributed by atoms with van der Waals surface area (Å²) in [5, 5.41) is 0. The molecule has 4 unspecified atom stereocenters. The van der Waals surface area contributed by atoms with Gasteiger partial charge in [-0.1, -0.05) is 0 Å². The molecule has 0 N–H and O–H groups in total. The molecule has 90 valence electrons. The highest BCUT2D eigenvalue weighted by atomic mass is 35.5. The molecule has 4 atom stereocenters. The van der Waals surface area contributed by atoms with Crippen molar-refractivity contribution >= 4 is 34.1 Å². The van der Waals surface area contributed by atoms with Crippen LogP contribution in [0, 0.1) is 0 Å². The summed E-state index contributed by atoms with van der Waals surface area (Å²) in [6.07, 6.45) is -2.09. The molecule has 0 aromatic rings. The highest BCUT2D eigenvalue weighted by molar-refractivity contribution is 6.61. The number of hydrogen-bond donors (Lipinski definition) is 0. The fourth-order valence-corrected chi connectivity index (χ4v) is 2.10. The molecule has 2 saturated heterocycles. The largest absolute Gasteiger partial charge is 0.445 e. The number of carbonyl (C=O) groups is 2. The van der Waals surface area contributed by atoms with Crippen molar-refractivity contribution < 1.29 is 28.5 Å². The quantitative estimate of drug-likeness (QED) is 0.704. The molecule has 2 heterocycles. The van der Waals surface area contributed by atoms with Crippen molar-refractivity contribution in [2.45, 2.75) is 24.4 Å². The first kappa shape index (κ1) is 11.9. The molecule has 2 aliphatic heterocycles. The Hall–Kier alpha value is -0.560. The topological polar surface area (TPSA) is 71.1 Å². The van der Waals surface area contributed by atoms with Gasteiger partial charge in [-0.15, -0.1) is 0 Å². The smallest absolute Gasteiger partial charge is 0.404 e. The van der Waals surface area contributed by atoms with Crippen molar-refractivity contribution in [1.29, 1.82) is 0 Å². The Balaban J connectivity index is 1.95. The van der Waals surface area contributed by atoms with Crippen molar-refractivity contribution in [3.63, 3.8) is 0 Å². The Morgan fingerprint density at radius 3 is 1.62 bits per heavy atom. The number of rotatable bonds is 2. The van der Waals surface area contributed by atoms with Crippen molar-refractivity contribution in [2.75, 3.05) is 13.2 Å². The molecule has 6 nitrogen and oxygen atoms in total. The molecule has 0 saturated carbocycles. The lowest BCUT2D eigenvalue weighted by molar-refractivity contribution is -0.00291. The zero-order valence-electron chi connectivity index (χ0n) is 7.93. The van der Waals surface area contributed by atoms with Gasteiger partial charge in [0, 0.05) is 23.2 Å². The summed E-state index contributed by atoms with van der Waals surface area (Å²) in [4.78, 5) is 21.1. The third-order valence-corrected chi connectivity index (χ3v) is 2.63. The molecule has 0 amide bonds. The normalized spacial score (nSPS) is 36.9. The van der Waals surface area contributed by atoms with E-state index in [9.17, 15) is 9.59 Å². The van der Waals surface area contributed by atoms with Crippen LogP contribution in [0.25, 0.3) is 0 Å². The van der Waals surface area contributed by atoms with Gasteiger partial charge in [0.05, 0.1) is 13.2 Å². The zero-order chi connectivity index (χ0) is 11.7. The van der Waals surface area contributed by atoms with E-state index < -0.39 is 35.3 Å². The summed E-state index contributed by atoms with van der Waals surface area (Å²) < 4.78 is 20.2. The molecule has 0 bridgehead atoms. The van der Waals surface area contributed by atoms with Crippen LogP contribution in [0.2, 0.25) is 0 Å². The molecule has 16 heavy (non-hydrogen) atoms. The SMILES string of the molecule is O=C(Cl)OC1COC2C(OC(=O)Cl)COC12. The molecule has 0 aliphatic carbocycles. The van der Waals surface area contributed by atoms with Crippen LogP contribution in [-0.2, 0) is 18.9 Å².